The summed E-state index contributed by atoms with van der Waals surface area (Å²) in [5.74, 6) is 0.885. The van der Waals surface area contributed by atoms with E-state index in [0.29, 0.717) is 18.5 Å². The number of sulfonamides is 1. The van der Waals surface area contributed by atoms with Gasteiger partial charge < -0.3 is 5.32 Å². The molecule has 1 N–H and O–H groups in total. The van der Waals surface area contributed by atoms with Crippen molar-refractivity contribution in [3.8, 4) is 0 Å². The first kappa shape index (κ1) is 12.9. The minimum atomic E-state index is -3.04. The summed E-state index contributed by atoms with van der Waals surface area (Å²) in [5.41, 5.74) is 0. The molecule has 1 rings (SSSR count). The molecule has 2 unspecified atom stereocenters. The topological polar surface area (TPSA) is 49.4 Å². The van der Waals surface area contributed by atoms with Crippen molar-refractivity contribution in [3.05, 3.63) is 0 Å². The summed E-state index contributed by atoms with van der Waals surface area (Å²) >= 11 is 0. The lowest BCUT2D eigenvalue weighted by molar-refractivity contribution is 0.434. The fourth-order valence-electron chi connectivity index (χ4n) is 2.00. The molecule has 4 nitrogen and oxygen atoms in total. The summed E-state index contributed by atoms with van der Waals surface area (Å²) < 4.78 is 24.2. The van der Waals surface area contributed by atoms with Gasteiger partial charge in [0.25, 0.3) is 0 Å². The Morgan fingerprint density at radius 1 is 1.33 bits per heavy atom. The maximum Gasteiger partial charge on any atom is 0.214 e. The number of rotatable bonds is 5. The van der Waals surface area contributed by atoms with Crippen LogP contribution in [0, 0.1) is 5.92 Å². The molecular formula is C10H22N2O2S. The van der Waals surface area contributed by atoms with Gasteiger partial charge in [-0.15, -0.1) is 0 Å². The van der Waals surface area contributed by atoms with Gasteiger partial charge in [0.2, 0.25) is 10.0 Å². The third-order valence-electron chi connectivity index (χ3n) is 3.18. The maximum atomic E-state index is 11.5. The first-order chi connectivity index (χ1) is 6.93. The second-order valence-electron chi connectivity index (χ2n) is 4.57. The van der Waals surface area contributed by atoms with Crippen molar-refractivity contribution in [2.75, 3.05) is 26.4 Å². The molecule has 0 spiro atoms. The third kappa shape index (κ3) is 3.74. The summed E-state index contributed by atoms with van der Waals surface area (Å²) in [4.78, 5) is 0. The van der Waals surface area contributed by atoms with Gasteiger partial charge >= 0.3 is 0 Å². The van der Waals surface area contributed by atoms with Gasteiger partial charge in [0.15, 0.2) is 0 Å². The van der Waals surface area contributed by atoms with Crippen molar-refractivity contribution >= 4 is 10.0 Å². The molecule has 0 radical (unpaired) electrons. The Morgan fingerprint density at radius 2 is 2.00 bits per heavy atom. The van der Waals surface area contributed by atoms with Gasteiger partial charge in [0.1, 0.15) is 0 Å². The lowest BCUT2D eigenvalue weighted by atomic mass is 10.1. The zero-order valence-electron chi connectivity index (χ0n) is 9.86. The van der Waals surface area contributed by atoms with Crippen LogP contribution >= 0.6 is 0 Å². The first-order valence-corrected chi connectivity index (χ1v) is 7.18. The highest BCUT2D eigenvalue weighted by atomic mass is 32.2. The van der Waals surface area contributed by atoms with Gasteiger partial charge in [-0.1, -0.05) is 13.3 Å². The van der Waals surface area contributed by atoms with Crippen LogP contribution in [-0.4, -0.2) is 45.2 Å². The number of hydrogen-bond donors (Lipinski definition) is 1. The van der Waals surface area contributed by atoms with E-state index in [2.05, 4.69) is 12.2 Å². The first-order valence-electron chi connectivity index (χ1n) is 5.57. The number of nitrogens with one attached hydrogen (secondary N) is 1. The van der Waals surface area contributed by atoms with Gasteiger partial charge in [-0.3, -0.25) is 0 Å². The van der Waals surface area contributed by atoms with Gasteiger partial charge in [0, 0.05) is 26.7 Å². The predicted molar refractivity (Wildman–Crippen MR) is 62.3 cm³/mol. The van der Waals surface area contributed by atoms with Gasteiger partial charge in [0.05, 0.1) is 5.75 Å². The highest BCUT2D eigenvalue weighted by Gasteiger charge is 2.23. The Hall–Kier alpha value is -0.130. The average Bonchev–Trinajstić information content (AvgIpc) is 2.51. The van der Waals surface area contributed by atoms with Crippen LogP contribution in [0.4, 0.5) is 0 Å². The molecule has 0 amide bonds. The molecule has 0 saturated heterocycles. The molecule has 0 aromatic heterocycles. The van der Waals surface area contributed by atoms with Crippen molar-refractivity contribution in [2.45, 2.75) is 32.2 Å². The molecule has 0 heterocycles. The molecule has 0 aromatic rings. The van der Waals surface area contributed by atoms with E-state index in [1.165, 1.54) is 23.6 Å². The molecule has 1 aliphatic rings. The van der Waals surface area contributed by atoms with Crippen molar-refractivity contribution < 1.29 is 8.42 Å². The fraction of sp³-hybridized carbons (Fsp3) is 1.00. The van der Waals surface area contributed by atoms with E-state index in [4.69, 9.17) is 0 Å². The smallest absolute Gasteiger partial charge is 0.214 e. The van der Waals surface area contributed by atoms with Crippen molar-refractivity contribution in [3.63, 3.8) is 0 Å². The standard InChI is InChI=1S/C10H22N2O2S/c1-9-5-4-6-10(9)11-7-8-15(13,14)12(2)3/h9-11H,4-8H2,1-3H3. The molecular weight excluding hydrogens is 212 g/mol. The molecule has 1 saturated carbocycles. The summed E-state index contributed by atoms with van der Waals surface area (Å²) in [7, 11) is 0.117. The second-order valence-corrected chi connectivity index (χ2v) is 6.87. The van der Waals surface area contributed by atoms with Crippen molar-refractivity contribution in [1.82, 2.24) is 9.62 Å². The fourth-order valence-corrected chi connectivity index (χ4v) is 2.75. The van der Waals surface area contributed by atoms with Crippen molar-refractivity contribution in [2.24, 2.45) is 5.92 Å². The summed E-state index contributed by atoms with van der Waals surface area (Å²) in [6.45, 7) is 2.79. The Kier molecular flexibility index (Phi) is 4.55. The van der Waals surface area contributed by atoms with Crippen LogP contribution in [0.2, 0.25) is 0 Å². The van der Waals surface area contributed by atoms with Gasteiger partial charge in [-0.2, -0.15) is 0 Å². The molecule has 2 atom stereocenters. The van der Waals surface area contributed by atoms with Gasteiger partial charge in [-0.25, -0.2) is 12.7 Å². The monoisotopic (exact) mass is 234 g/mol. The van der Waals surface area contributed by atoms with Crippen LogP contribution in [0.25, 0.3) is 0 Å². The number of hydrogen-bond acceptors (Lipinski definition) is 3. The summed E-state index contributed by atoms with van der Waals surface area (Å²) in [5, 5.41) is 3.34. The molecule has 1 fully saturated rings. The van der Waals surface area contributed by atoms with Gasteiger partial charge in [-0.05, 0) is 18.8 Å². The molecule has 1 aliphatic carbocycles. The second kappa shape index (κ2) is 5.27. The third-order valence-corrected chi connectivity index (χ3v) is 5.02. The molecule has 0 aliphatic heterocycles. The summed E-state index contributed by atoms with van der Waals surface area (Å²) in [6.07, 6.45) is 3.71. The van der Waals surface area contributed by atoms with E-state index in [0.717, 1.165) is 0 Å². The highest BCUT2D eigenvalue weighted by molar-refractivity contribution is 7.89. The minimum absolute atomic E-state index is 0.198. The lowest BCUT2D eigenvalue weighted by Gasteiger charge is -2.18. The maximum absolute atomic E-state index is 11.5. The molecule has 5 heteroatoms. The number of nitrogens with zero attached hydrogens (tertiary/aromatic N) is 1. The quantitative estimate of drug-likeness (QED) is 0.760. The zero-order valence-corrected chi connectivity index (χ0v) is 10.7. The van der Waals surface area contributed by atoms with E-state index < -0.39 is 10.0 Å². The van der Waals surface area contributed by atoms with Crippen LogP contribution in [0.15, 0.2) is 0 Å². The molecule has 0 bridgehead atoms. The minimum Gasteiger partial charge on any atom is -0.313 e. The largest absolute Gasteiger partial charge is 0.313 e. The van der Waals surface area contributed by atoms with Crippen LogP contribution in [0.1, 0.15) is 26.2 Å². The van der Waals surface area contributed by atoms with E-state index in [9.17, 15) is 8.42 Å². The molecule has 90 valence electrons. The Morgan fingerprint density at radius 3 is 2.47 bits per heavy atom. The zero-order chi connectivity index (χ0) is 11.5. The van der Waals surface area contributed by atoms with Crippen molar-refractivity contribution in [1.29, 1.82) is 0 Å². The van der Waals surface area contributed by atoms with Crippen LogP contribution in [0.3, 0.4) is 0 Å². The Bertz CT molecular complexity index is 288. The Balaban J connectivity index is 2.27. The Labute approximate surface area is 93.1 Å². The SMILES string of the molecule is CC1CCCC1NCCS(=O)(=O)N(C)C. The van der Waals surface area contributed by atoms with E-state index in [1.807, 2.05) is 0 Å². The summed E-state index contributed by atoms with van der Waals surface area (Å²) in [6, 6.07) is 0.516. The van der Waals surface area contributed by atoms with Crippen LogP contribution in [-0.2, 0) is 10.0 Å². The van der Waals surface area contributed by atoms with E-state index in [-0.39, 0.29) is 5.75 Å². The van der Waals surface area contributed by atoms with E-state index >= 15 is 0 Å². The van der Waals surface area contributed by atoms with Crippen LogP contribution in [0.5, 0.6) is 0 Å². The molecule has 15 heavy (non-hydrogen) atoms. The normalized spacial score (nSPS) is 27.5. The predicted octanol–water partition coefficient (Wildman–Crippen LogP) is 0.656. The lowest BCUT2D eigenvalue weighted by Crippen LogP contribution is -2.37. The van der Waals surface area contributed by atoms with Crippen LogP contribution < -0.4 is 5.32 Å². The average molecular weight is 234 g/mol. The highest BCUT2D eigenvalue weighted by Crippen LogP contribution is 2.24. The molecule has 0 aromatic carbocycles. The van der Waals surface area contributed by atoms with E-state index in [1.54, 1.807) is 14.1 Å².